The van der Waals surface area contributed by atoms with Gasteiger partial charge in [0.05, 0.1) is 18.8 Å². The van der Waals surface area contributed by atoms with Gasteiger partial charge in [-0.15, -0.1) is 11.3 Å². The zero-order valence-corrected chi connectivity index (χ0v) is 32.6. The third kappa shape index (κ3) is 11.0. The summed E-state index contributed by atoms with van der Waals surface area (Å²) in [7, 11) is 0. The highest BCUT2D eigenvalue weighted by molar-refractivity contribution is 7.14. The second-order valence-electron chi connectivity index (χ2n) is 13.7. The van der Waals surface area contributed by atoms with Crippen LogP contribution in [0.15, 0.2) is 67.0 Å². The maximum absolute atomic E-state index is 15.1. The van der Waals surface area contributed by atoms with Gasteiger partial charge in [0.25, 0.3) is 6.47 Å². The number of aromatic nitrogens is 1. The van der Waals surface area contributed by atoms with Crippen LogP contribution in [0.1, 0.15) is 57.5 Å². The molecule has 4 aromatic rings. The van der Waals surface area contributed by atoms with Gasteiger partial charge in [-0.1, -0.05) is 41.4 Å². The molecule has 5 heterocycles. The number of pyridine rings is 1. The topological polar surface area (TPSA) is 142 Å². The minimum atomic E-state index is -3.10. The number of halogens is 5. The molecule has 2 bridgehead atoms. The average molecular weight is 853 g/mol. The van der Waals surface area contributed by atoms with Crippen LogP contribution in [-0.4, -0.2) is 67.5 Å². The molecular formula is C39H38Cl2F3N3O9S. The van der Waals surface area contributed by atoms with Crippen molar-refractivity contribution in [3.63, 3.8) is 0 Å². The molecule has 2 atom stereocenters. The molecule has 57 heavy (non-hydrogen) atoms. The maximum atomic E-state index is 15.1. The minimum Gasteiger partial charge on any atom is -0.619 e. The predicted molar refractivity (Wildman–Crippen MR) is 204 cm³/mol. The molecule has 18 heteroatoms. The van der Waals surface area contributed by atoms with Gasteiger partial charge in [0.2, 0.25) is 0 Å². The molecule has 0 radical (unpaired) electrons. The van der Waals surface area contributed by atoms with E-state index in [9.17, 15) is 23.6 Å². The van der Waals surface area contributed by atoms with Crippen LogP contribution in [0.25, 0.3) is 0 Å². The van der Waals surface area contributed by atoms with Gasteiger partial charge in [0.15, 0.2) is 23.9 Å². The lowest BCUT2D eigenvalue weighted by atomic mass is 9.86. The Balaban J connectivity index is 0.00000177. The molecule has 3 aliphatic heterocycles. The summed E-state index contributed by atoms with van der Waals surface area (Å²) in [5, 5.41) is 18.9. The van der Waals surface area contributed by atoms with E-state index >= 15 is 4.39 Å². The molecule has 0 spiro atoms. The number of hydrogen-bond acceptors (Lipinski definition) is 10. The Morgan fingerprint density at radius 2 is 1.74 bits per heavy atom. The van der Waals surface area contributed by atoms with E-state index in [0.29, 0.717) is 39.8 Å². The number of benzene rings is 2. The zero-order valence-electron chi connectivity index (χ0n) is 30.2. The summed E-state index contributed by atoms with van der Waals surface area (Å²) >= 11 is 13.8. The number of carbonyl (C=O) groups is 3. The number of esters is 1. The first-order chi connectivity index (χ1) is 27.4. The molecule has 4 fully saturated rings. The Bertz CT molecular complexity index is 2030. The van der Waals surface area contributed by atoms with Gasteiger partial charge in [0.1, 0.15) is 32.9 Å². The summed E-state index contributed by atoms with van der Waals surface area (Å²) < 4.78 is 64.6. The van der Waals surface area contributed by atoms with Gasteiger partial charge >= 0.3 is 18.7 Å². The Kier molecular flexibility index (Phi) is 14.0. The molecule has 4 aliphatic rings. The van der Waals surface area contributed by atoms with Crippen LogP contribution >= 0.6 is 34.5 Å². The lowest BCUT2D eigenvalue weighted by molar-refractivity contribution is -0.605. The van der Waals surface area contributed by atoms with Crippen LogP contribution in [0.5, 0.6) is 11.5 Å². The van der Waals surface area contributed by atoms with Crippen LogP contribution < -0.4 is 19.1 Å². The first kappa shape index (κ1) is 41.9. The number of anilines is 1. The molecule has 304 valence electrons. The van der Waals surface area contributed by atoms with Gasteiger partial charge in [0, 0.05) is 23.4 Å². The number of hydrogen-bond donors (Lipinski definition) is 1. The number of piperidine rings is 3. The van der Waals surface area contributed by atoms with E-state index in [0.717, 1.165) is 62.5 Å². The van der Waals surface area contributed by atoms with Gasteiger partial charge in [-0.3, -0.25) is 14.6 Å². The fourth-order valence-corrected chi connectivity index (χ4v) is 8.21. The van der Waals surface area contributed by atoms with Crippen molar-refractivity contribution in [2.75, 3.05) is 31.1 Å². The Hall–Kier alpha value is -4.77. The van der Waals surface area contributed by atoms with E-state index in [2.05, 4.69) is 4.90 Å². The SMILES string of the molecule is O=C(O[C@@H](Cc1c(Cl)c[n+]([O-])cc1Cl)c1ccc(OC(F)F)c(OCC2CC2)c1)c1ccc(CN(C(=O)O[C@H]2CN3CCC2CC3)c2ccccc2F)s1.O=CO. The number of thiophene rings is 1. The van der Waals surface area contributed by atoms with Crippen molar-refractivity contribution in [3.8, 4) is 11.5 Å². The molecule has 1 N–H and O–H groups in total. The van der Waals surface area contributed by atoms with Gasteiger partial charge in [-0.25, -0.2) is 14.0 Å². The highest BCUT2D eigenvalue weighted by atomic mass is 35.5. The fraction of sp³-hybridized carbons (Fsp3) is 0.385. The van der Waals surface area contributed by atoms with Crippen molar-refractivity contribution >= 4 is 58.8 Å². The van der Waals surface area contributed by atoms with Crippen molar-refractivity contribution in [3.05, 3.63) is 109 Å². The monoisotopic (exact) mass is 851 g/mol. The van der Waals surface area contributed by atoms with Crippen molar-refractivity contribution in [2.24, 2.45) is 11.8 Å². The van der Waals surface area contributed by atoms with Crippen LogP contribution in [-0.2, 0) is 27.2 Å². The molecular weight excluding hydrogens is 814 g/mol. The van der Waals surface area contributed by atoms with Crippen LogP contribution in [0.4, 0.5) is 23.7 Å². The summed E-state index contributed by atoms with van der Waals surface area (Å²) in [4.78, 5) is 40.0. The highest BCUT2D eigenvalue weighted by Crippen LogP contribution is 2.39. The van der Waals surface area contributed by atoms with E-state index in [1.807, 2.05) is 0 Å². The van der Waals surface area contributed by atoms with Crippen LogP contribution in [0, 0.1) is 22.9 Å². The first-order valence-corrected chi connectivity index (χ1v) is 19.6. The second kappa shape index (κ2) is 19.1. The third-order valence-electron chi connectivity index (χ3n) is 9.81. The van der Waals surface area contributed by atoms with E-state index in [-0.39, 0.29) is 63.6 Å². The Morgan fingerprint density at radius 3 is 2.37 bits per heavy atom. The van der Waals surface area contributed by atoms with Gasteiger partial charge in [-0.05, 0) is 92.6 Å². The number of carboxylic acid groups (broad SMARTS) is 1. The zero-order chi connectivity index (χ0) is 40.6. The largest absolute Gasteiger partial charge is 0.619 e. The first-order valence-electron chi connectivity index (χ1n) is 18.0. The molecule has 3 saturated heterocycles. The number of para-hydroxylation sites is 1. The van der Waals surface area contributed by atoms with Gasteiger partial charge in [-0.2, -0.15) is 13.5 Å². The Labute approximate surface area is 339 Å². The summed E-state index contributed by atoms with van der Waals surface area (Å²) in [5.41, 5.74) is 0.710. The van der Waals surface area contributed by atoms with Gasteiger partial charge < -0.3 is 29.3 Å². The molecule has 2 aromatic carbocycles. The Morgan fingerprint density at radius 1 is 1.04 bits per heavy atom. The molecule has 2 aromatic heterocycles. The number of rotatable bonds is 14. The molecule has 1 aliphatic carbocycles. The molecule has 1 amide bonds. The van der Waals surface area contributed by atoms with E-state index in [1.165, 1.54) is 47.4 Å². The van der Waals surface area contributed by atoms with Crippen LogP contribution in [0.3, 0.4) is 0 Å². The molecule has 1 saturated carbocycles. The number of carbonyl (C=O) groups excluding carboxylic acids is 2. The van der Waals surface area contributed by atoms with Crippen LogP contribution in [0.2, 0.25) is 10.0 Å². The summed E-state index contributed by atoms with van der Waals surface area (Å²) in [6.07, 6.45) is 3.82. The lowest BCUT2D eigenvalue weighted by Gasteiger charge is -2.44. The van der Waals surface area contributed by atoms with Crippen molar-refractivity contribution < 1.29 is 56.3 Å². The predicted octanol–water partition coefficient (Wildman–Crippen LogP) is 8.30. The highest BCUT2D eigenvalue weighted by Gasteiger charge is 2.38. The number of nitrogens with zero attached hydrogens (tertiary/aromatic N) is 3. The lowest BCUT2D eigenvalue weighted by Crippen LogP contribution is -2.53. The minimum absolute atomic E-state index is 0.0261. The standard InChI is InChI=1S/C38H36Cl2F3N3O7S.CH2O2/c39-27-18-45(49)19-28(40)26(27)16-32(24-7-9-31(52-37(42)43)33(15-24)50-21-22-5-6-22)51-36(47)35-10-8-25(54-35)17-46(30-4-2-1-3-29(30)41)38(48)53-34-20-44-13-11-23(34)12-14-44;2-1-3/h1-4,7-10,15,18-19,22-23,32,34,37H,5-6,11-14,16-17,20-21H2;1H,(H,2,3)/t32-,34-;/m0./s1. The average Bonchev–Trinajstić information content (AvgIpc) is 3.89. The number of alkyl halides is 2. The third-order valence-corrected chi connectivity index (χ3v) is 11.5. The van der Waals surface area contributed by atoms with E-state index in [4.69, 9.17) is 52.1 Å². The smallest absolute Gasteiger partial charge is 0.415 e. The summed E-state index contributed by atoms with van der Waals surface area (Å²) in [6.45, 7) is -0.585. The quantitative estimate of drug-likeness (QED) is 0.0570. The number of ether oxygens (including phenoxy) is 4. The molecule has 8 rings (SSSR count). The summed E-state index contributed by atoms with van der Waals surface area (Å²) in [6, 6.07) is 13.3. The van der Waals surface area contributed by atoms with E-state index in [1.54, 1.807) is 12.1 Å². The fourth-order valence-electron chi connectivity index (χ4n) is 6.73. The molecule has 0 unspecified atom stereocenters. The number of fused-ring (bicyclic) bond motifs is 3. The van der Waals surface area contributed by atoms with E-state index < -0.39 is 30.6 Å². The summed E-state index contributed by atoms with van der Waals surface area (Å²) in [5.74, 6) is -0.954. The molecule has 12 nitrogen and oxygen atoms in total. The maximum Gasteiger partial charge on any atom is 0.415 e. The normalized spacial score (nSPS) is 18.9. The number of amides is 1. The van der Waals surface area contributed by atoms with Crippen molar-refractivity contribution in [2.45, 2.75) is 57.5 Å². The van der Waals surface area contributed by atoms with Crippen molar-refractivity contribution in [1.29, 1.82) is 0 Å². The second-order valence-corrected chi connectivity index (χ2v) is 15.7. The van der Waals surface area contributed by atoms with Crippen molar-refractivity contribution in [1.82, 2.24) is 4.90 Å².